The maximum atomic E-state index is 12.6. The maximum absolute atomic E-state index is 12.6. The highest BCUT2D eigenvalue weighted by atomic mass is 35.5. The molecule has 1 aliphatic heterocycles. The largest absolute Gasteiger partial charge is 0.366 e. The molecule has 168 valence electrons. The Morgan fingerprint density at radius 2 is 1.84 bits per heavy atom. The van der Waals surface area contributed by atoms with Crippen LogP contribution in [0.1, 0.15) is 37.7 Å². The summed E-state index contributed by atoms with van der Waals surface area (Å²) in [6.07, 6.45) is 1.64. The molecule has 2 heterocycles. The van der Waals surface area contributed by atoms with E-state index in [1.807, 2.05) is 12.1 Å². The number of nitrogens with two attached hydrogens (primary N) is 1. The Bertz CT molecular complexity index is 958. The number of nitrogens with zero attached hydrogens (tertiary/aromatic N) is 2. The van der Waals surface area contributed by atoms with Crippen molar-refractivity contribution in [1.29, 1.82) is 0 Å². The Kier molecular flexibility index (Phi) is 9.06. The van der Waals surface area contributed by atoms with Gasteiger partial charge in [0.25, 0.3) is 0 Å². The van der Waals surface area contributed by atoms with E-state index >= 15 is 0 Å². The van der Waals surface area contributed by atoms with E-state index in [9.17, 15) is 14.4 Å². The van der Waals surface area contributed by atoms with Gasteiger partial charge in [0, 0.05) is 67.8 Å². The maximum Gasteiger partial charge on any atom is 0.250 e. The second-order valence-electron chi connectivity index (χ2n) is 7.75. The number of Topliss-reactive ketones (excluding diaryl/α,β-unsaturated/α-hetero) is 1. The zero-order valence-electron chi connectivity index (χ0n) is 17.7. The Morgan fingerprint density at radius 3 is 2.45 bits per heavy atom. The molecule has 2 amide bonds. The Hall–Kier alpha value is -1.93. The highest BCUT2D eigenvalue weighted by Gasteiger charge is 2.27. The van der Waals surface area contributed by atoms with Gasteiger partial charge in [0.2, 0.25) is 11.8 Å². The third kappa shape index (κ3) is 6.53. The molecule has 0 atom stereocenters. The number of fused-ring (bicyclic) bond motifs is 1. The number of thiophene rings is 1. The molecular formula is C22H27Cl2N3O3S. The van der Waals surface area contributed by atoms with Crippen LogP contribution in [-0.2, 0) is 35.4 Å². The van der Waals surface area contributed by atoms with E-state index in [1.165, 1.54) is 11.3 Å². The Morgan fingerprint density at radius 1 is 1.16 bits per heavy atom. The average molecular weight is 484 g/mol. The predicted octanol–water partition coefficient (Wildman–Crippen LogP) is 3.11. The molecule has 0 saturated heterocycles. The lowest BCUT2D eigenvalue weighted by Gasteiger charge is -2.27. The highest BCUT2D eigenvalue weighted by molar-refractivity contribution is 7.12. The van der Waals surface area contributed by atoms with E-state index in [0.717, 1.165) is 27.4 Å². The fourth-order valence-corrected chi connectivity index (χ4v) is 5.22. The first-order valence-electron chi connectivity index (χ1n) is 9.86. The standard InChI is InChI=1S/C22H26ClN3O3S.ClH/c1-25(2)20(28)8-10-26-9-7-17-19(13-26)30-18(21(17)22(24)29)12-16(27)11-14-3-5-15(23)6-4-14;/h3-6H,7-13H2,1-2H3,(H2,24,29);1H. The minimum atomic E-state index is -0.474. The van der Waals surface area contributed by atoms with Crippen molar-refractivity contribution in [1.82, 2.24) is 9.80 Å². The van der Waals surface area contributed by atoms with Crippen LogP contribution in [0.3, 0.4) is 0 Å². The van der Waals surface area contributed by atoms with Gasteiger partial charge in [-0.05, 0) is 29.7 Å². The van der Waals surface area contributed by atoms with Crippen molar-refractivity contribution in [2.24, 2.45) is 5.73 Å². The number of carbonyl (C=O) groups is 3. The van der Waals surface area contributed by atoms with Crippen molar-refractivity contribution in [2.75, 3.05) is 27.2 Å². The van der Waals surface area contributed by atoms with E-state index in [-0.39, 0.29) is 36.9 Å². The normalized spacial score (nSPS) is 13.3. The van der Waals surface area contributed by atoms with E-state index in [0.29, 0.717) is 36.5 Å². The lowest BCUT2D eigenvalue weighted by Crippen LogP contribution is -2.34. The van der Waals surface area contributed by atoms with E-state index in [4.69, 9.17) is 17.3 Å². The minimum Gasteiger partial charge on any atom is -0.366 e. The minimum absolute atomic E-state index is 0. The summed E-state index contributed by atoms with van der Waals surface area (Å²) < 4.78 is 0. The van der Waals surface area contributed by atoms with Gasteiger partial charge in [-0.3, -0.25) is 19.3 Å². The van der Waals surface area contributed by atoms with Crippen molar-refractivity contribution in [2.45, 2.75) is 32.2 Å². The summed E-state index contributed by atoms with van der Waals surface area (Å²) in [6.45, 7) is 2.11. The summed E-state index contributed by atoms with van der Waals surface area (Å²) in [5, 5.41) is 0.630. The first kappa shape index (κ1) is 25.3. The fraction of sp³-hybridized carbons (Fsp3) is 0.409. The quantitative estimate of drug-likeness (QED) is 0.624. The third-order valence-electron chi connectivity index (χ3n) is 5.27. The molecule has 0 bridgehead atoms. The first-order chi connectivity index (χ1) is 14.2. The first-order valence-corrected chi connectivity index (χ1v) is 11.1. The summed E-state index contributed by atoms with van der Waals surface area (Å²) in [7, 11) is 3.50. The monoisotopic (exact) mass is 483 g/mol. The number of rotatable bonds is 8. The summed E-state index contributed by atoms with van der Waals surface area (Å²) >= 11 is 7.39. The smallest absolute Gasteiger partial charge is 0.250 e. The van der Waals surface area contributed by atoms with Gasteiger partial charge in [0.1, 0.15) is 5.78 Å². The third-order valence-corrected chi connectivity index (χ3v) is 6.74. The second kappa shape index (κ2) is 11.1. The van der Waals surface area contributed by atoms with Crippen LogP contribution in [0.25, 0.3) is 0 Å². The zero-order chi connectivity index (χ0) is 21.8. The van der Waals surface area contributed by atoms with Gasteiger partial charge in [-0.2, -0.15) is 0 Å². The SMILES string of the molecule is CN(C)C(=O)CCN1CCc2c(sc(CC(=O)Cc3ccc(Cl)cc3)c2C(N)=O)C1.Cl. The topological polar surface area (TPSA) is 83.7 Å². The van der Waals surface area contributed by atoms with Crippen LogP contribution < -0.4 is 5.73 Å². The number of halogens is 2. The van der Waals surface area contributed by atoms with Crippen LogP contribution in [0.5, 0.6) is 0 Å². The van der Waals surface area contributed by atoms with Crippen LogP contribution in [0.4, 0.5) is 0 Å². The molecule has 9 heteroatoms. The van der Waals surface area contributed by atoms with Crippen molar-refractivity contribution in [3.05, 3.63) is 55.7 Å². The molecule has 2 N–H and O–H groups in total. The number of benzene rings is 1. The van der Waals surface area contributed by atoms with Gasteiger partial charge < -0.3 is 10.6 Å². The van der Waals surface area contributed by atoms with Crippen molar-refractivity contribution in [3.8, 4) is 0 Å². The van der Waals surface area contributed by atoms with E-state index in [1.54, 1.807) is 31.1 Å². The summed E-state index contributed by atoms with van der Waals surface area (Å²) in [5.41, 5.74) is 8.05. The number of primary amides is 1. The lowest BCUT2D eigenvalue weighted by atomic mass is 9.98. The van der Waals surface area contributed by atoms with Crippen LogP contribution in [-0.4, -0.2) is 54.6 Å². The van der Waals surface area contributed by atoms with Crippen molar-refractivity contribution in [3.63, 3.8) is 0 Å². The number of amides is 2. The summed E-state index contributed by atoms with van der Waals surface area (Å²) in [6, 6.07) is 7.19. The fourth-order valence-electron chi connectivity index (χ4n) is 3.66. The van der Waals surface area contributed by atoms with Gasteiger partial charge >= 0.3 is 0 Å². The van der Waals surface area contributed by atoms with E-state index < -0.39 is 5.91 Å². The number of carbonyl (C=O) groups excluding carboxylic acids is 3. The molecule has 2 aromatic rings. The Labute approximate surface area is 197 Å². The van der Waals surface area contributed by atoms with E-state index in [2.05, 4.69) is 4.90 Å². The molecule has 6 nitrogen and oxygen atoms in total. The van der Waals surface area contributed by atoms with Gasteiger partial charge in [0.15, 0.2) is 0 Å². The molecule has 0 unspecified atom stereocenters. The molecule has 0 aliphatic carbocycles. The molecule has 0 radical (unpaired) electrons. The predicted molar refractivity (Wildman–Crippen MR) is 126 cm³/mol. The van der Waals surface area contributed by atoms with Gasteiger partial charge in [0.05, 0.1) is 5.56 Å². The number of ketones is 1. The molecule has 1 aromatic carbocycles. The Balaban J connectivity index is 0.00000341. The molecule has 31 heavy (non-hydrogen) atoms. The van der Waals surface area contributed by atoms with Gasteiger partial charge in [-0.15, -0.1) is 23.7 Å². The second-order valence-corrected chi connectivity index (χ2v) is 9.38. The number of hydrogen-bond donors (Lipinski definition) is 1. The molecule has 1 aromatic heterocycles. The summed E-state index contributed by atoms with van der Waals surface area (Å²) in [4.78, 5) is 42.3. The van der Waals surface area contributed by atoms with Crippen molar-refractivity contribution < 1.29 is 14.4 Å². The lowest BCUT2D eigenvalue weighted by molar-refractivity contribution is -0.129. The summed E-state index contributed by atoms with van der Waals surface area (Å²) in [5.74, 6) is -0.344. The molecule has 0 spiro atoms. The van der Waals surface area contributed by atoms with Gasteiger partial charge in [-0.25, -0.2) is 0 Å². The van der Waals surface area contributed by atoms with Crippen molar-refractivity contribution >= 4 is 52.9 Å². The molecular weight excluding hydrogens is 457 g/mol. The zero-order valence-corrected chi connectivity index (χ0v) is 20.0. The number of hydrogen-bond acceptors (Lipinski definition) is 5. The van der Waals surface area contributed by atoms with Crippen LogP contribution in [0.15, 0.2) is 24.3 Å². The van der Waals surface area contributed by atoms with Crippen LogP contribution >= 0.6 is 35.3 Å². The molecule has 0 fully saturated rings. The molecule has 0 saturated carbocycles. The van der Waals surface area contributed by atoms with Gasteiger partial charge in [-0.1, -0.05) is 23.7 Å². The van der Waals surface area contributed by atoms with Crippen LogP contribution in [0, 0.1) is 0 Å². The highest BCUT2D eigenvalue weighted by Crippen LogP contribution is 2.34. The van der Waals surface area contributed by atoms with Crippen LogP contribution in [0.2, 0.25) is 5.02 Å². The molecule has 3 rings (SSSR count). The molecule has 1 aliphatic rings. The average Bonchev–Trinajstić information content (AvgIpc) is 3.04.